The van der Waals surface area contributed by atoms with E-state index in [2.05, 4.69) is 11.8 Å². The molecule has 2 fully saturated rings. The molecule has 1 saturated carbocycles. The van der Waals surface area contributed by atoms with Gasteiger partial charge in [-0.1, -0.05) is 25.7 Å². The highest BCUT2D eigenvalue weighted by Gasteiger charge is 2.43. The largest absolute Gasteiger partial charge is 0.395 e. The molecule has 1 atom stereocenters. The molecule has 2 heteroatoms. The lowest BCUT2D eigenvalue weighted by Gasteiger charge is -2.52. The molecule has 0 aromatic rings. The number of nitrogens with zero attached hydrogens (tertiary/aromatic N) is 1. The molecular weight excluding hydrogens is 174 g/mol. The van der Waals surface area contributed by atoms with Gasteiger partial charge in [-0.15, -0.1) is 0 Å². The normalized spacial score (nSPS) is 29.6. The predicted molar refractivity (Wildman–Crippen MR) is 58.3 cm³/mol. The minimum Gasteiger partial charge on any atom is -0.395 e. The van der Waals surface area contributed by atoms with Crippen molar-refractivity contribution in [3.63, 3.8) is 0 Å². The quantitative estimate of drug-likeness (QED) is 0.732. The first-order chi connectivity index (χ1) is 6.76. The van der Waals surface area contributed by atoms with Crippen LogP contribution < -0.4 is 0 Å². The molecule has 0 aromatic heterocycles. The second kappa shape index (κ2) is 4.19. The third kappa shape index (κ3) is 1.96. The Labute approximate surface area is 87.3 Å². The van der Waals surface area contributed by atoms with Gasteiger partial charge in [-0.3, -0.25) is 4.90 Å². The van der Waals surface area contributed by atoms with Crippen LogP contribution in [0.4, 0.5) is 0 Å². The Morgan fingerprint density at radius 3 is 2.21 bits per heavy atom. The highest BCUT2D eigenvalue weighted by atomic mass is 16.3. The Bertz CT molecular complexity index is 177. The van der Waals surface area contributed by atoms with Crippen LogP contribution in [0.5, 0.6) is 0 Å². The maximum Gasteiger partial charge on any atom is 0.0584 e. The first-order valence-electron chi connectivity index (χ1n) is 6.11. The van der Waals surface area contributed by atoms with Crippen LogP contribution in [0.25, 0.3) is 0 Å². The lowest BCUT2D eigenvalue weighted by atomic mass is 9.73. The summed E-state index contributed by atoms with van der Waals surface area (Å²) in [5.74, 6) is 0. The van der Waals surface area contributed by atoms with E-state index in [4.69, 9.17) is 5.11 Å². The third-order valence-electron chi connectivity index (χ3n) is 4.13. The molecule has 0 aromatic carbocycles. The summed E-state index contributed by atoms with van der Waals surface area (Å²) >= 11 is 0. The minimum absolute atomic E-state index is 0.316. The van der Waals surface area contributed by atoms with E-state index in [1.54, 1.807) is 0 Å². The predicted octanol–water partition coefficient (Wildman–Crippen LogP) is 2.02. The molecule has 82 valence electrons. The average molecular weight is 197 g/mol. The summed E-state index contributed by atoms with van der Waals surface area (Å²) in [6.45, 7) is 4.93. The Morgan fingerprint density at radius 2 is 1.71 bits per heavy atom. The van der Waals surface area contributed by atoms with Crippen LogP contribution in [0, 0.1) is 5.41 Å². The van der Waals surface area contributed by atoms with Crippen LogP contribution in [-0.4, -0.2) is 35.7 Å². The zero-order valence-corrected chi connectivity index (χ0v) is 9.34. The minimum atomic E-state index is 0.316. The lowest BCUT2D eigenvalue weighted by molar-refractivity contribution is -0.0494. The molecule has 2 nitrogen and oxygen atoms in total. The molecule has 0 bridgehead atoms. The van der Waals surface area contributed by atoms with Crippen molar-refractivity contribution < 1.29 is 5.11 Å². The molecule has 1 aliphatic heterocycles. The molecule has 0 unspecified atom stereocenters. The Hall–Kier alpha value is -0.0800. The fourth-order valence-corrected chi connectivity index (χ4v) is 3.04. The Morgan fingerprint density at radius 1 is 1.14 bits per heavy atom. The van der Waals surface area contributed by atoms with Crippen LogP contribution in [-0.2, 0) is 0 Å². The molecule has 1 N–H and O–H groups in total. The molecular formula is C12H23NO. The second-order valence-corrected chi connectivity index (χ2v) is 5.35. The van der Waals surface area contributed by atoms with Crippen molar-refractivity contribution in [2.24, 2.45) is 5.41 Å². The van der Waals surface area contributed by atoms with E-state index in [-0.39, 0.29) is 0 Å². The van der Waals surface area contributed by atoms with Gasteiger partial charge in [-0.05, 0) is 25.2 Å². The smallest absolute Gasteiger partial charge is 0.0584 e. The number of hydrogen-bond donors (Lipinski definition) is 1. The van der Waals surface area contributed by atoms with Crippen LogP contribution >= 0.6 is 0 Å². The summed E-state index contributed by atoms with van der Waals surface area (Å²) in [7, 11) is 0. The van der Waals surface area contributed by atoms with Crippen molar-refractivity contribution >= 4 is 0 Å². The molecule has 2 aliphatic rings. The zero-order chi connectivity index (χ0) is 10.0. The van der Waals surface area contributed by atoms with E-state index in [0.29, 0.717) is 18.1 Å². The van der Waals surface area contributed by atoms with Gasteiger partial charge in [0.2, 0.25) is 0 Å². The van der Waals surface area contributed by atoms with Gasteiger partial charge >= 0.3 is 0 Å². The molecule has 1 spiro atoms. The van der Waals surface area contributed by atoms with Gasteiger partial charge in [0, 0.05) is 19.1 Å². The Kier molecular flexibility index (Phi) is 3.13. The summed E-state index contributed by atoms with van der Waals surface area (Å²) in [6, 6.07) is 0.379. The first kappa shape index (κ1) is 10.4. The number of rotatable bonds is 2. The fraction of sp³-hybridized carbons (Fsp3) is 1.00. The van der Waals surface area contributed by atoms with Crippen LogP contribution in [0.1, 0.15) is 45.4 Å². The van der Waals surface area contributed by atoms with Crippen molar-refractivity contribution in [3.8, 4) is 0 Å². The maximum absolute atomic E-state index is 9.07. The third-order valence-corrected chi connectivity index (χ3v) is 4.13. The number of aliphatic hydroxyl groups excluding tert-OH is 1. The molecule has 0 radical (unpaired) electrons. The van der Waals surface area contributed by atoms with E-state index < -0.39 is 0 Å². The van der Waals surface area contributed by atoms with E-state index in [0.717, 1.165) is 0 Å². The van der Waals surface area contributed by atoms with Crippen LogP contribution in [0.3, 0.4) is 0 Å². The number of hydrogen-bond acceptors (Lipinski definition) is 2. The second-order valence-electron chi connectivity index (χ2n) is 5.35. The summed E-state index contributed by atoms with van der Waals surface area (Å²) in [6.07, 6.45) is 8.61. The van der Waals surface area contributed by atoms with E-state index >= 15 is 0 Å². The van der Waals surface area contributed by atoms with E-state index in [1.165, 1.54) is 51.6 Å². The first-order valence-corrected chi connectivity index (χ1v) is 6.11. The average Bonchev–Trinajstić information content (AvgIpc) is 2.39. The summed E-state index contributed by atoms with van der Waals surface area (Å²) < 4.78 is 0. The highest BCUT2D eigenvalue weighted by molar-refractivity contribution is 4.97. The van der Waals surface area contributed by atoms with Crippen LogP contribution in [0.2, 0.25) is 0 Å². The number of aliphatic hydroxyl groups is 1. The lowest BCUT2D eigenvalue weighted by Crippen LogP contribution is -2.59. The fourth-order valence-electron chi connectivity index (χ4n) is 3.04. The van der Waals surface area contributed by atoms with Crippen molar-refractivity contribution in [2.75, 3.05) is 19.7 Å². The van der Waals surface area contributed by atoms with Gasteiger partial charge in [-0.2, -0.15) is 0 Å². The molecule has 14 heavy (non-hydrogen) atoms. The van der Waals surface area contributed by atoms with Crippen LogP contribution in [0.15, 0.2) is 0 Å². The van der Waals surface area contributed by atoms with Crippen molar-refractivity contribution in [2.45, 2.75) is 51.5 Å². The number of likely N-dealkylation sites (tertiary alicyclic amines) is 1. The maximum atomic E-state index is 9.07. The van der Waals surface area contributed by atoms with Gasteiger partial charge in [0.05, 0.1) is 6.61 Å². The Balaban J connectivity index is 1.83. The van der Waals surface area contributed by atoms with Gasteiger partial charge in [-0.25, -0.2) is 0 Å². The molecule has 0 amide bonds. The molecule has 1 heterocycles. The standard InChI is InChI=1S/C12H23NO/c1-11(8-14)13-9-12(10-13)6-4-2-3-5-7-12/h11,14H,2-10H2,1H3/t11-/m1/s1. The molecule has 1 saturated heterocycles. The highest BCUT2D eigenvalue weighted by Crippen LogP contribution is 2.43. The van der Waals surface area contributed by atoms with Gasteiger partial charge in [0.25, 0.3) is 0 Å². The van der Waals surface area contributed by atoms with Gasteiger partial charge < -0.3 is 5.11 Å². The van der Waals surface area contributed by atoms with Crippen molar-refractivity contribution in [1.82, 2.24) is 4.90 Å². The summed E-state index contributed by atoms with van der Waals surface area (Å²) in [5, 5.41) is 9.07. The SMILES string of the molecule is C[C@H](CO)N1CC2(CCCCCC2)C1. The molecule has 1 aliphatic carbocycles. The summed E-state index contributed by atoms with van der Waals surface area (Å²) in [5.41, 5.74) is 0.653. The monoisotopic (exact) mass is 197 g/mol. The van der Waals surface area contributed by atoms with E-state index in [9.17, 15) is 0 Å². The van der Waals surface area contributed by atoms with E-state index in [1.807, 2.05) is 0 Å². The molecule has 2 rings (SSSR count). The topological polar surface area (TPSA) is 23.5 Å². The van der Waals surface area contributed by atoms with Crippen molar-refractivity contribution in [1.29, 1.82) is 0 Å². The summed E-state index contributed by atoms with van der Waals surface area (Å²) in [4.78, 5) is 2.44. The van der Waals surface area contributed by atoms with Gasteiger partial charge in [0.15, 0.2) is 0 Å². The zero-order valence-electron chi connectivity index (χ0n) is 9.34. The van der Waals surface area contributed by atoms with Gasteiger partial charge in [0.1, 0.15) is 0 Å². The van der Waals surface area contributed by atoms with Crippen molar-refractivity contribution in [3.05, 3.63) is 0 Å².